The third-order valence-corrected chi connectivity index (χ3v) is 4.84. The van der Waals surface area contributed by atoms with Crippen molar-refractivity contribution >= 4 is 5.91 Å². The molecule has 1 amide bonds. The van der Waals surface area contributed by atoms with E-state index in [0.717, 1.165) is 39.1 Å². The van der Waals surface area contributed by atoms with Crippen LogP contribution in [0.4, 0.5) is 0 Å². The van der Waals surface area contributed by atoms with Gasteiger partial charge < -0.3 is 16.0 Å². The number of carbonyl (C=O) groups is 1. The van der Waals surface area contributed by atoms with Gasteiger partial charge in [-0.2, -0.15) is 5.26 Å². The maximum absolute atomic E-state index is 12.1. The molecule has 2 aliphatic rings. The van der Waals surface area contributed by atoms with E-state index in [1.165, 1.54) is 19.3 Å². The molecule has 2 atom stereocenters. The number of rotatable bonds is 6. The van der Waals surface area contributed by atoms with Crippen molar-refractivity contribution in [1.82, 2.24) is 20.9 Å². The fourth-order valence-corrected chi connectivity index (χ4v) is 3.26. The Balaban J connectivity index is 1.73. The molecule has 2 fully saturated rings. The lowest BCUT2D eigenvalue weighted by molar-refractivity contribution is -0.117. The lowest BCUT2D eigenvalue weighted by Gasteiger charge is -2.29. The summed E-state index contributed by atoms with van der Waals surface area (Å²) in [6.07, 6.45) is 6.42. The van der Waals surface area contributed by atoms with Crippen molar-refractivity contribution in [2.75, 3.05) is 39.3 Å². The summed E-state index contributed by atoms with van der Waals surface area (Å²) in [6, 6.07) is 2.38. The molecule has 23 heavy (non-hydrogen) atoms. The van der Waals surface area contributed by atoms with Gasteiger partial charge in [-0.3, -0.25) is 9.69 Å². The molecule has 0 spiro atoms. The number of amides is 1. The van der Waals surface area contributed by atoms with E-state index in [1.807, 2.05) is 6.07 Å². The third kappa shape index (κ3) is 5.85. The monoisotopic (exact) mass is 319 g/mol. The lowest BCUT2D eigenvalue weighted by Crippen LogP contribution is -2.46. The van der Waals surface area contributed by atoms with E-state index in [1.54, 1.807) is 6.20 Å². The largest absolute Gasteiger partial charge is 0.387 e. The van der Waals surface area contributed by atoms with Crippen LogP contribution in [0.1, 0.15) is 32.6 Å². The summed E-state index contributed by atoms with van der Waals surface area (Å²) in [5, 5.41) is 18.6. The number of nitrogens with one attached hydrogen (secondary N) is 3. The number of nitriles is 1. The van der Waals surface area contributed by atoms with E-state index in [2.05, 4.69) is 27.8 Å². The van der Waals surface area contributed by atoms with Gasteiger partial charge in [0.25, 0.3) is 5.91 Å². The molecule has 128 valence electrons. The van der Waals surface area contributed by atoms with Crippen LogP contribution >= 0.6 is 0 Å². The zero-order chi connectivity index (χ0) is 16.5. The van der Waals surface area contributed by atoms with Crippen LogP contribution in [-0.2, 0) is 4.79 Å². The van der Waals surface area contributed by atoms with Crippen LogP contribution in [0.5, 0.6) is 0 Å². The minimum atomic E-state index is -0.279. The summed E-state index contributed by atoms with van der Waals surface area (Å²) < 4.78 is 0. The van der Waals surface area contributed by atoms with Crippen LogP contribution in [0.25, 0.3) is 0 Å². The van der Waals surface area contributed by atoms with E-state index in [0.29, 0.717) is 18.5 Å². The number of nitrogens with zero attached hydrogens (tertiary/aromatic N) is 2. The Hall–Kier alpha value is -1.58. The molecule has 0 aromatic rings. The average Bonchev–Trinajstić information content (AvgIpc) is 2.58. The maximum atomic E-state index is 12.1. The molecule has 0 aromatic heterocycles. The predicted molar refractivity (Wildman–Crippen MR) is 90.6 cm³/mol. The van der Waals surface area contributed by atoms with Crippen molar-refractivity contribution in [2.45, 2.75) is 38.6 Å². The summed E-state index contributed by atoms with van der Waals surface area (Å²) in [5.74, 6) is 0.314. The molecule has 0 radical (unpaired) electrons. The molecule has 1 heterocycles. The lowest BCUT2D eigenvalue weighted by atomic mass is 9.86. The second-order valence-corrected chi connectivity index (χ2v) is 6.55. The van der Waals surface area contributed by atoms with Crippen LogP contribution in [0.15, 0.2) is 11.8 Å². The van der Waals surface area contributed by atoms with E-state index in [4.69, 9.17) is 0 Å². The molecule has 1 aliphatic heterocycles. The first kappa shape index (κ1) is 17.8. The smallest absolute Gasteiger partial charge is 0.263 e. The molecular formula is C17H29N5O. The van der Waals surface area contributed by atoms with E-state index in [-0.39, 0.29) is 11.5 Å². The van der Waals surface area contributed by atoms with Crippen molar-refractivity contribution in [1.29, 1.82) is 5.26 Å². The molecule has 3 N–H and O–H groups in total. The molecule has 0 aromatic carbocycles. The number of hydrogen-bond donors (Lipinski definition) is 3. The van der Waals surface area contributed by atoms with Gasteiger partial charge in [-0.25, -0.2) is 0 Å². The number of piperazine rings is 1. The number of hydrogen-bond acceptors (Lipinski definition) is 5. The number of carbonyl (C=O) groups excluding carboxylic acids is 1. The standard InChI is InChI=1S/C17H29N5O/c1-14-4-2-3-5-16(14)21-13-15(12-18)17(23)20-8-11-22-9-6-19-7-10-22/h13-14,16,19,21H,2-11H2,1H3,(H,20,23)/b15-13-. The molecule has 1 aliphatic carbocycles. The third-order valence-electron chi connectivity index (χ3n) is 4.84. The van der Waals surface area contributed by atoms with Crippen LogP contribution in [0.2, 0.25) is 0 Å². The Labute approximate surface area is 139 Å². The highest BCUT2D eigenvalue weighted by atomic mass is 16.1. The van der Waals surface area contributed by atoms with Gasteiger partial charge >= 0.3 is 0 Å². The Kier molecular flexibility index (Phi) is 7.37. The molecule has 1 saturated carbocycles. The van der Waals surface area contributed by atoms with Gasteiger partial charge in [0.05, 0.1) is 0 Å². The molecule has 6 nitrogen and oxygen atoms in total. The van der Waals surface area contributed by atoms with E-state index in [9.17, 15) is 10.1 Å². The predicted octanol–water partition coefficient (Wildman–Crippen LogP) is 0.584. The first-order valence-electron chi connectivity index (χ1n) is 8.78. The first-order valence-corrected chi connectivity index (χ1v) is 8.78. The topological polar surface area (TPSA) is 80.2 Å². The Bertz CT molecular complexity index is 450. The second kappa shape index (κ2) is 9.53. The van der Waals surface area contributed by atoms with Crippen molar-refractivity contribution in [3.63, 3.8) is 0 Å². The molecule has 1 saturated heterocycles. The fraction of sp³-hybridized carbons (Fsp3) is 0.765. The quantitative estimate of drug-likeness (QED) is 0.493. The highest BCUT2D eigenvalue weighted by Gasteiger charge is 2.20. The van der Waals surface area contributed by atoms with Crippen molar-refractivity contribution in [2.24, 2.45) is 5.92 Å². The van der Waals surface area contributed by atoms with Gasteiger partial charge in [0.2, 0.25) is 0 Å². The second-order valence-electron chi connectivity index (χ2n) is 6.55. The summed E-state index contributed by atoms with van der Waals surface area (Å²) in [5.41, 5.74) is 0.170. The van der Waals surface area contributed by atoms with Gasteiger partial charge in [0.15, 0.2) is 0 Å². The van der Waals surface area contributed by atoms with Crippen molar-refractivity contribution < 1.29 is 4.79 Å². The Morgan fingerprint density at radius 1 is 1.35 bits per heavy atom. The van der Waals surface area contributed by atoms with Gasteiger partial charge in [-0.1, -0.05) is 19.8 Å². The first-order chi connectivity index (χ1) is 11.2. The molecule has 6 heteroatoms. The highest BCUT2D eigenvalue weighted by molar-refractivity contribution is 5.97. The zero-order valence-electron chi connectivity index (χ0n) is 14.1. The fourth-order valence-electron chi connectivity index (χ4n) is 3.26. The van der Waals surface area contributed by atoms with Gasteiger partial charge in [-0.05, 0) is 18.8 Å². The Morgan fingerprint density at radius 2 is 2.09 bits per heavy atom. The molecule has 2 unspecified atom stereocenters. The van der Waals surface area contributed by atoms with Crippen LogP contribution in [0, 0.1) is 17.2 Å². The minimum absolute atomic E-state index is 0.170. The molecule has 0 bridgehead atoms. The minimum Gasteiger partial charge on any atom is -0.387 e. The zero-order valence-corrected chi connectivity index (χ0v) is 14.1. The average molecular weight is 319 g/mol. The van der Waals surface area contributed by atoms with Crippen molar-refractivity contribution in [3.8, 4) is 6.07 Å². The summed E-state index contributed by atoms with van der Waals surface area (Å²) in [6.45, 7) is 7.67. The van der Waals surface area contributed by atoms with Crippen LogP contribution in [-0.4, -0.2) is 56.1 Å². The van der Waals surface area contributed by atoms with E-state index >= 15 is 0 Å². The SMILES string of the molecule is CC1CCCCC1N/C=C(/C#N)C(=O)NCCN1CCNCC1. The molecular weight excluding hydrogens is 290 g/mol. The maximum Gasteiger partial charge on any atom is 0.263 e. The van der Waals surface area contributed by atoms with E-state index < -0.39 is 0 Å². The van der Waals surface area contributed by atoms with Crippen LogP contribution in [0.3, 0.4) is 0 Å². The van der Waals surface area contributed by atoms with Gasteiger partial charge in [0.1, 0.15) is 11.6 Å². The van der Waals surface area contributed by atoms with Gasteiger partial charge in [-0.15, -0.1) is 0 Å². The normalized spacial score (nSPS) is 26.3. The van der Waals surface area contributed by atoms with Crippen LogP contribution < -0.4 is 16.0 Å². The van der Waals surface area contributed by atoms with Gasteiger partial charge in [0, 0.05) is 51.5 Å². The highest BCUT2D eigenvalue weighted by Crippen LogP contribution is 2.23. The summed E-state index contributed by atoms with van der Waals surface area (Å²) in [4.78, 5) is 14.4. The summed E-state index contributed by atoms with van der Waals surface area (Å²) in [7, 11) is 0. The summed E-state index contributed by atoms with van der Waals surface area (Å²) >= 11 is 0. The Morgan fingerprint density at radius 3 is 2.78 bits per heavy atom. The van der Waals surface area contributed by atoms with Crippen molar-refractivity contribution in [3.05, 3.63) is 11.8 Å². The molecule has 2 rings (SSSR count).